The Kier molecular flexibility index (Phi) is 7.33. The first-order chi connectivity index (χ1) is 16.6. The number of benzene rings is 2. The number of aromatic nitrogens is 3. The molecule has 11 heteroatoms. The first kappa shape index (κ1) is 23.6. The molecule has 0 bridgehead atoms. The van der Waals surface area contributed by atoms with Gasteiger partial charge in [0.15, 0.2) is 17.2 Å². The Hall–Kier alpha value is -3.57. The number of H-pyrrole nitrogens is 1. The maximum atomic E-state index is 9.16. The largest absolute Gasteiger partial charge is 0.495 e. The molecule has 10 nitrogen and oxygen atoms in total. The average Bonchev–Trinajstić information content (AvgIpc) is 3.49. The molecule has 4 aromatic rings. The second-order valence-electron chi connectivity index (χ2n) is 7.52. The van der Waals surface area contributed by atoms with Crippen molar-refractivity contribution in [2.75, 3.05) is 38.0 Å². The van der Waals surface area contributed by atoms with Crippen molar-refractivity contribution in [3.8, 4) is 17.2 Å². The van der Waals surface area contributed by atoms with Gasteiger partial charge in [-0.2, -0.15) is 5.10 Å². The molecular weight excluding hydrogens is 458 g/mol. The summed E-state index contributed by atoms with van der Waals surface area (Å²) in [5.74, 6) is 3.30. The highest BCUT2D eigenvalue weighted by Gasteiger charge is 2.17. The van der Waals surface area contributed by atoms with E-state index in [2.05, 4.69) is 25.4 Å². The minimum absolute atomic E-state index is 0.122. The summed E-state index contributed by atoms with van der Waals surface area (Å²) < 4.78 is 25.3. The van der Waals surface area contributed by atoms with Crippen molar-refractivity contribution < 1.29 is 23.8 Å². The van der Waals surface area contributed by atoms with Gasteiger partial charge >= 0.3 is 0 Å². The van der Waals surface area contributed by atoms with Crippen molar-refractivity contribution in [3.05, 3.63) is 42.1 Å². The summed E-state index contributed by atoms with van der Waals surface area (Å²) >= 11 is 1.31. The number of anilines is 3. The van der Waals surface area contributed by atoms with Crippen LogP contribution < -0.4 is 24.2 Å². The number of aliphatic hydroxyl groups is 1. The second-order valence-corrected chi connectivity index (χ2v) is 8.34. The van der Waals surface area contributed by atoms with E-state index in [1.165, 1.54) is 11.9 Å². The highest BCUT2D eigenvalue weighted by molar-refractivity contribution is 8.00. The van der Waals surface area contributed by atoms with Crippen molar-refractivity contribution in [1.29, 1.82) is 0 Å². The molecule has 2 heterocycles. The Bertz CT molecular complexity index is 1240. The number of ether oxygens (including phenoxy) is 3. The molecule has 0 aliphatic heterocycles. The van der Waals surface area contributed by atoms with Crippen molar-refractivity contribution in [3.63, 3.8) is 0 Å². The third-order valence-electron chi connectivity index (χ3n) is 5.38. The van der Waals surface area contributed by atoms with Crippen LogP contribution in [-0.4, -0.2) is 48.4 Å². The van der Waals surface area contributed by atoms with E-state index >= 15 is 0 Å². The Labute approximate surface area is 201 Å². The topological polar surface area (TPSA) is 127 Å². The molecule has 180 valence electrons. The van der Waals surface area contributed by atoms with Crippen LogP contribution in [0.15, 0.2) is 45.8 Å². The number of aliphatic hydroxyl groups excluding tert-OH is 1. The van der Waals surface area contributed by atoms with E-state index < -0.39 is 0 Å². The number of nitrogens with zero attached hydrogens (tertiary/aromatic N) is 2. The molecule has 0 radical (unpaired) electrons. The molecule has 0 amide bonds. The van der Waals surface area contributed by atoms with Gasteiger partial charge in [0.2, 0.25) is 0 Å². The van der Waals surface area contributed by atoms with Gasteiger partial charge < -0.3 is 33.9 Å². The first-order valence-corrected chi connectivity index (χ1v) is 11.4. The van der Waals surface area contributed by atoms with Crippen molar-refractivity contribution >= 4 is 40.2 Å². The maximum Gasteiger partial charge on any atom is 0.187 e. The molecule has 0 spiro atoms. The molecule has 4 N–H and O–H groups in total. The quantitative estimate of drug-likeness (QED) is 0.217. The summed E-state index contributed by atoms with van der Waals surface area (Å²) in [6.45, 7) is 2.15. The lowest BCUT2D eigenvalue weighted by Crippen LogP contribution is -1.97. The Morgan fingerprint density at radius 3 is 2.50 bits per heavy atom. The number of methoxy groups -OCH3 is 3. The summed E-state index contributed by atoms with van der Waals surface area (Å²) in [5.41, 5.74) is 2.19. The van der Waals surface area contributed by atoms with Gasteiger partial charge in [0.05, 0.1) is 32.4 Å². The molecule has 0 aliphatic rings. The zero-order valence-electron chi connectivity index (χ0n) is 19.3. The molecule has 2 aromatic carbocycles. The van der Waals surface area contributed by atoms with Crippen LogP contribution in [-0.2, 0) is 0 Å². The van der Waals surface area contributed by atoms with Gasteiger partial charge in [0.25, 0.3) is 0 Å². The number of rotatable bonds is 11. The normalized spacial score (nSPS) is 11.9. The van der Waals surface area contributed by atoms with E-state index in [0.717, 1.165) is 16.0 Å². The minimum atomic E-state index is 0.122. The Balaban J connectivity index is 1.57. The maximum absolute atomic E-state index is 9.16. The number of hydrogen-bond acceptors (Lipinski definition) is 10. The van der Waals surface area contributed by atoms with E-state index in [-0.39, 0.29) is 12.5 Å². The van der Waals surface area contributed by atoms with Crippen molar-refractivity contribution in [2.45, 2.75) is 24.2 Å². The monoisotopic (exact) mass is 485 g/mol. The van der Waals surface area contributed by atoms with E-state index in [4.69, 9.17) is 23.8 Å². The van der Waals surface area contributed by atoms with Gasteiger partial charge in [-0.3, -0.25) is 5.10 Å². The fraction of sp³-hybridized carbons (Fsp3) is 0.304. The highest BCUT2D eigenvalue weighted by Crippen LogP contribution is 2.40. The van der Waals surface area contributed by atoms with Crippen LogP contribution in [0.2, 0.25) is 0 Å². The molecule has 0 saturated carbocycles. The minimum Gasteiger partial charge on any atom is -0.495 e. The lowest BCUT2D eigenvalue weighted by molar-refractivity contribution is 0.278. The fourth-order valence-corrected chi connectivity index (χ4v) is 4.31. The van der Waals surface area contributed by atoms with E-state index in [0.29, 0.717) is 46.6 Å². The molecule has 1 unspecified atom stereocenters. The first-order valence-electron chi connectivity index (χ1n) is 10.6. The summed E-state index contributed by atoms with van der Waals surface area (Å²) in [4.78, 5) is 0.790. The van der Waals surface area contributed by atoms with E-state index in [1.807, 2.05) is 43.3 Å². The second kappa shape index (κ2) is 10.6. The van der Waals surface area contributed by atoms with Gasteiger partial charge in [-0.05, 0) is 36.6 Å². The summed E-state index contributed by atoms with van der Waals surface area (Å²) in [6.07, 6.45) is 0.656. The highest BCUT2D eigenvalue weighted by atomic mass is 32.2. The average molecular weight is 486 g/mol. The van der Waals surface area contributed by atoms with Gasteiger partial charge in [-0.25, -0.2) is 0 Å². The zero-order valence-corrected chi connectivity index (χ0v) is 20.2. The number of hydrogen-bond donors (Lipinski definition) is 4. The number of nitrogens with one attached hydrogen (secondary N) is 3. The van der Waals surface area contributed by atoms with Gasteiger partial charge in [-0.1, -0.05) is 18.1 Å². The van der Waals surface area contributed by atoms with Crippen molar-refractivity contribution in [1.82, 2.24) is 15.4 Å². The lowest BCUT2D eigenvalue weighted by Gasteiger charge is -2.12. The van der Waals surface area contributed by atoms with E-state index in [9.17, 15) is 0 Å². The standard InChI is InChI=1S/C23H27N5O5S/c1-13(8-9-29)15-12-21(26-25-15)24-16-11-19-14(10-20(16)32-4)23(27-33-19)28-34-22-17(30-2)6-5-7-18(22)31-3/h5-7,10-13,29H,8-9H2,1-4H3,(H,27,28)(H2,24,25,26). The molecule has 1 atom stereocenters. The van der Waals surface area contributed by atoms with Crippen LogP contribution >= 0.6 is 11.9 Å². The predicted octanol–water partition coefficient (Wildman–Crippen LogP) is 4.93. The van der Waals surface area contributed by atoms with Crippen LogP contribution in [0.3, 0.4) is 0 Å². The predicted molar refractivity (Wildman–Crippen MR) is 132 cm³/mol. The Morgan fingerprint density at radius 1 is 1.09 bits per heavy atom. The van der Waals surface area contributed by atoms with Gasteiger partial charge in [0.1, 0.15) is 22.1 Å². The SMILES string of the molecule is COc1cc2c(NSc3c(OC)cccc3OC)noc2cc1Nc1cc(C(C)CCO)[nH]n1. The van der Waals surface area contributed by atoms with Crippen LogP contribution in [0.5, 0.6) is 17.2 Å². The third-order valence-corrected chi connectivity index (χ3v) is 6.28. The lowest BCUT2D eigenvalue weighted by atomic mass is 10.1. The van der Waals surface area contributed by atoms with Crippen LogP contribution in [0.4, 0.5) is 17.3 Å². The molecule has 0 fully saturated rings. The molecular formula is C23H27N5O5S. The van der Waals surface area contributed by atoms with Gasteiger partial charge in [0, 0.05) is 30.4 Å². The van der Waals surface area contributed by atoms with Crippen LogP contribution in [0.1, 0.15) is 25.0 Å². The summed E-state index contributed by atoms with van der Waals surface area (Å²) in [7, 11) is 4.82. The van der Waals surface area contributed by atoms with Gasteiger partial charge in [-0.15, -0.1) is 0 Å². The molecule has 4 rings (SSSR count). The summed E-state index contributed by atoms with van der Waals surface area (Å²) in [6, 6.07) is 11.2. The van der Waals surface area contributed by atoms with Crippen LogP contribution in [0.25, 0.3) is 11.0 Å². The number of fused-ring (bicyclic) bond motifs is 1. The summed E-state index contributed by atoms with van der Waals surface area (Å²) in [5, 5.41) is 24.7. The van der Waals surface area contributed by atoms with Crippen molar-refractivity contribution in [2.24, 2.45) is 0 Å². The fourth-order valence-electron chi connectivity index (χ4n) is 3.46. The molecule has 0 saturated heterocycles. The third kappa shape index (κ3) is 4.85. The van der Waals surface area contributed by atoms with E-state index in [1.54, 1.807) is 21.3 Å². The molecule has 0 aliphatic carbocycles. The van der Waals surface area contributed by atoms with Crippen LogP contribution in [0, 0.1) is 0 Å². The Morgan fingerprint density at radius 2 is 1.82 bits per heavy atom. The smallest absolute Gasteiger partial charge is 0.187 e. The zero-order chi connectivity index (χ0) is 24.1. The molecule has 2 aromatic heterocycles. The number of aromatic amines is 1. The molecule has 34 heavy (non-hydrogen) atoms.